The minimum absolute atomic E-state index is 0.00489. The van der Waals surface area contributed by atoms with Crippen LogP contribution in [0.25, 0.3) is 5.52 Å². The number of rotatable bonds is 2. The Morgan fingerprint density at radius 1 is 1.26 bits per heavy atom. The average Bonchev–Trinajstić information content (AvgIpc) is 2.73. The average molecular weight is 256 g/mol. The number of hydrogen-bond donors (Lipinski definition) is 1. The molecule has 19 heavy (non-hydrogen) atoms. The molecule has 0 aliphatic heterocycles. The largest absolute Gasteiger partial charge is 0.353 e. The smallest absolute Gasteiger partial charge is 0.153 e. The molecular formula is C15H20N4. The first-order valence-corrected chi connectivity index (χ1v) is 6.34. The van der Waals surface area contributed by atoms with Gasteiger partial charge in [0.25, 0.3) is 0 Å². The van der Waals surface area contributed by atoms with E-state index in [2.05, 4.69) is 48.2 Å². The van der Waals surface area contributed by atoms with Crippen LogP contribution < -0.4 is 5.32 Å². The molecule has 2 rings (SSSR count). The Morgan fingerprint density at radius 3 is 2.53 bits per heavy atom. The zero-order valence-electron chi connectivity index (χ0n) is 12.2. The van der Waals surface area contributed by atoms with Gasteiger partial charge in [0.15, 0.2) is 5.82 Å². The van der Waals surface area contributed by atoms with Gasteiger partial charge in [-0.2, -0.15) is 5.10 Å². The van der Waals surface area contributed by atoms with Crippen LogP contribution >= 0.6 is 0 Å². The molecule has 2 aromatic rings. The van der Waals surface area contributed by atoms with Crippen molar-refractivity contribution in [3.05, 3.63) is 24.2 Å². The molecule has 2 heterocycles. The second kappa shape index (κ2) is 4.27. The second-order valence-corrected chi connectivity index (χ2v) is 6.28. The fourth-order valence-corrected chi connectivity index (χ4v) is 1.72. The highest BCUT2D eigenvalue weighted by molar-refractivity contribution is 5.69. The van der Waals surface area contributed by atoms with Gasteiger partial charge in [0, 0.05) is 17.8 Å². The SMILES string of the molecule is C#CC(C)(C)Nc1nccn2nc(C(C)(C)C)cc12. The summed E-state index contributed by atoms with van der Waals surface area (Å²) >= 11 is 0. The molecule has 0 spiro atoms. The summed E-state index contributed by atoms with van der Waals surface area (Å²) in [6.45, 7) is 10.3. The highest BCUT2D eigenvalue weighted by Gasteiger charge is 2.21. The van der Waals surface area contributed by atoms with Gasteiger partial charge in [0.05, 0.1) is 11.2 Å². The molecule has 0 unspecified atom stereocenters. The number of hydrogen-bond acceptors (Lipinski definition) is 3. The summed E-state index contributed by atoms with van der Waals surface area (Å²) in [7, 11) is 0. The van der Waals surface area contributed by atoms with Gasteiger partial charge >= 0.3 is 0 Å². The topological polar surface area (TPSA) is 42.2 Å². The predicted molar refractivity (Wildman–Crippen MR) is 78.2 cm³/mol. The summed E-state index contributed by atoms with van der Waals surface area (Å²) in [6, 6.07) is 2.06. The van der Waals surface area contributed by atoms with Crippen molar-refractivity contribution in [2.45, 2.75) is 45.6 Å². The first-order valence-electron chi connectivity index (χ1n) is 6.34. The summed E-state index contributed by atoms with van der Waals surface area (Å²) in [6.07, 6.45) is 9.08. The van der Waals surface area contributed by atoms with Crippen LogP contribution in [0.4, 0.5) is 5.82 Å². The van der Waals surface area contributed by atoms with Crippen LogP contribution in [0.5, 0.6) is 0 Å². The number of fused-ring (bicyclic) bond motifs is 1. The Bertz CT molecular complexity index is 638. The summed E-state index contributed by atoms with van der Waals surface area (Å²) < 4.78 is 1.84. The molecule has 4 nitrogen and oxygen atoms in total. The molecular weight excluding hydrogens is 236 g/mol. The Balaban J connectivity index is 2.52. The summed E-state index contributed by atoms with van der Waals surface area (Å²) in [4.78, 5) is 4.37. The molecule has 0 aromatic carbocycles. The van der Waals surface area contributed by atoms with Gasteiger partial charge in [-0.05, 0) is 19.9 Å². The van der Waals surface area contributed by atoms with Crippen molar-refractivity contribution in [3.8, 4) is 12.3 Å². The maximum absolute atomic E-state index is 5.51. The van der Waals surface area contributed by atoms with Crippen LogP contribution in [-0.2, 0) is 5.41 Å². The molecule has 0 radical (unpaired) electrons. The molecule has 0 saturated heterocycles. The van der Waals surface area contributed by atoms with E-state index in [0.29, 0.717) is 0 Å². The minimum Gasteiger partial charge on any atom is -0.353 e. The highest BCUT2D eigenvalue weighted by Crippen LogP contribution is 2.25. The standard InChI is InChI=1S/C15H20N4/c1-7-15(5,6)17-13-11-10-12(14(2,3)4)18-19(11)9-8-16-13/h1,8-10H,2-6H3,(H,16,17). The molecule has 0 bridgehead atoms. The van der Waals surface area contributed by atoms with Crippen molar-refractivity contribution >= 4 is 11.3 Å². The minimum atomic E-state index is -0.443. The van der Waals surface area contributed by atoms with E-state index in [4.69, 9.17) is 6.42 Å². The Labute approximate surface area is 114 Å². The highest BCUT2D eigenvalue weighted by atomic mass is 15.2. The van der Waals surface area contributed by atoms with Gasteiger partial charge in [-0.1, -0.05) is 26.7 Å². The van der Waals surface area contributed by atoms with Crippen LogP contribution in [-0.4, -0.2) is 20.1 Å². The lowest BCUT2D eigenvalue weighted by molar-refractivity contribution is 0.562. The first-order chi connectivity index (χ1) is 8.73. The second-order valence-electron chi connectivity index (χ2n) is 6.28. The zero-order valence-corrected chi connectivity index (χ0v) is 12.2. The van der Waals surface area contributed by atoms with Gasteiger partial charge < -0.3 is 5.32 Å². The van der Waals surface area contributed by atoms with E-state index < -0.39 is 5.54 Å². The third kappa shape index (κ3) is 2.70. The van der Waals surface area contributed by atoms with Crippen LogP contribution in [0.15, 0.2) is 18.5 Å². The molecule has 0 atom stereocenters. The number of anilines is 1. The quantitative estimate of drug-likeness (QED) is 0.840. The van der Waals surface area contributed by atoms with Gasteiger partial charge in [0.1, 0.15) is 5.52 Å². The van der Waals surface area contributed by atoms with Crippen molar-refractivity contribution in [3.63, 3.8) is 0 Å². The van der Waals surface area contributed by atoms with Crippen molar-refractivity contribution in [1.29, 1.82) is 0 Å². The summed E-state index contributed by atoms with van der Waals surface area (Å²) in [5.41, 5.74) is 1.53. The lowest BCUT2D eigenvalue weighted by Gasteiger charge is -2.20. The zero-order chi connectivity index (χ0) is 14.3. The Morgan fingerprint density at radius 2 is 1.95 bits per heavy atom. The van der Waals surface area contributed by atoms with Crippen LogP contribution in [0, 0.1) is 12.3 Å². The lowest BCUT2D eigenvalue weighted by atomic mass is 9.92. The third-order valence-corrected chi connectivity index (χ3v) is 2.95. The van der Waals surface area contributed by atoms with Gasteiger partial charge in [-0.3, -0.25) is 0 Å². The van der Waals surface area contributed by atoms with Crippen molar-refractivity contribution in [2.75, 3.05) is 5.32 Å². The van der Waals surface area contributed by atoms with Gasteiger partial charge in [0.2, 0.25) is 0 Å². The molecule has 2 aromatic heterocycles. The van der Waals surface area contributed by atoms with Crippen molar-refractivity contribution in [2.24, 2.45) is 0 Å². The van der Waals surface area contributed by atoms with Gasteiger partial charge in [-0.15, -0.1) is 6.42 Å². The maximum atomic E-state index is 5.51. The number of nitrogens with one attached hydrogen (secondary N) is 1. The van der Waals surface area contributed by atoms with Crippen LogP contribution in [0.3, 0.4) is 0 Å². The molecule has 1 N–H and O–H groups in total. The molecule has 0 fully saturated rings. The Kier molecular flexibility index (Phi) is 3.01. The van der Waals surface area contributed by atoms with E-state index in [0.717, 1.165) is 17.0 Å². The van der Waals surface area contributed by atoms with E-state index >= 15 is 0 Å². The molecule has 0 amide bonds. The normalized spacial score (nSPS) is 12.4. The third-order valence-electron chi connectivity index (χ3n) is 2.95. The fourth-order valence-electron chi connectivity index (χ4n) is 1.72. The summed E-state index contributed by atoms with van der Waals surface area (Å²) in [5, 5.41) is 7.85. The Hall–Kier alpha value is -2.02. The molecule has 0 aliphatic rings. The molecule has 100 valence electrons. The van der Waals surface area contributed by atoms with Crippen molar-refractivity contribution < 1.29 is 0 Å². The number of aromatic nitrogens is 3. The van der Waals surface area contributed by atoms with E-state index in [-0.39, 0.29) is 5.41 Å². The lowest BCUT2D eigenvalue weighted by Crippen LogP contribution is -2.29. The monoisotopic (exact) mass is 256 g/mol. The summed E-state index contributed by atoms with van der Waals surface area (Å²) in [5.74, 6) is 3.47. The molecule has 0 saturated carbocycles. The van der Waals surface area contributed by atoms with Crippen LogP contribution in [0.2, 0.25) is 0 Å². The maximum Gasteiger partial charge on any atom is 0.153 e. The fraction of sp³-hybridized carbons (Fsp3) is 0.467. The number of nitrogens with zero attached hydrogens (tertiary/aromatic N) is 3. The van der Waals surface area contributed by atoms with Gasteiger partial charge in [-0.25, -0.2) is 9.50 Å². The molecule has 4 heteroatoms. The first kappa shape index (κ1) is 13.4. The predicted octanol–water partition coefficient (Wildman–Crippen LogP) is 2.85. The van der Waals surface area contributed by atoms with Crippen LogP contribution in [0.1, 0.15) is 40.3 Å². The molecule has 0 aliphatic carbocycles. The number of terminal acetylenes is 1. The van der Waals surface area contributed by atoms with E-state index in [1.807, 2.05) is 24.6 Å². The van der Waals surface area contributed by atoms with E-state index in [1.165, 1.54) is 0 Å². The van der Waals surface area contributed by atoms with E-state index in [9.17, 15) is 0 Å². The van der Waals surface area contributed by atoms with Crippen molar-refractivity contribution in [1.82, 2.24) is 14.6 Å². The van der Waals surface area contributed by atoms with E-state index in [1.54, 1.807) is 6.20 Å².